The molecule has 1 amide bonds. The van der Waals surface area contributed by atoms with E-state index < -0.39 is 5.97 Å². The Hall–Kier alpha value is -1.88. The van der Waals surface area contributed by atoms with Crippen LogP contribution >= 0.6 is 0 Å². The molecular formula is C13H18N2O3. The maximum absolute atomic E-state index is 11.9. The van der Waals surface area contributed by atoms with Crippen LogP contribution in [0.5, 0.6) is 0 Å². The van der Waals surface area contributed by atoms with Crippen molar-refractivity contribution in [2.45, 2.75) is 19.8 Å². The van der Waals surface area contributed by atoms with E-state index in [9.17, 15) is 9.59 Å². The van der Waals surface area contributed by atoms with Crippen molar-refractivity contribution < 1.29 is 14.7 Å². The monoisotopic (exact) mass is 250 g/mol. The van der Waals surface area contributed by atoms with E-state index in [2.05, 4.69) is 0 Å². The van der Waals surface area contributed by atoms with Crippen molar-refractivity contribution >= 4 is 17.6 Å². The van der Waals surface area contributed by atoms with E-state index in [1.807, 2.05) is 19.1 Å². The van der Waals surface area contributed by atoms with Crippen LogP contribution in [0.25, 0.3) is 0 Å². The lowest BCUT2D eigenvalue weighted by atomic mass is 10.2. The van der Waals surface area contributed by atoms with Crippen LogP contribution in [0.3, 0.4) is 0 Å². The molecular weight excluding hydrogens is 232 g/mol. The highest BCUT2D eigenvalue weighted by molar-refractivity contribution is 5.97. The van der Waals surface area contributed by atoms with E-state index >= 15 is 0 Å². The minimum Gasteiger partial charge on any atom is -0.480 e. The molecule has 98 valence electrons. The number of carbonyl (C=O) groups is 2. The van der Waals surface area contributed by atoms with Gasteiger partial charge in [-0.25, -0.2) is 0 Å². The Kier molecular flexibility index (Phi) is 5.32. The number of aryl methyl sites for hydroxylation is 1. The lowest BCUT2D eigenvalue weighted by Gasteiger charge is -2.21. The lowest BCUT2D eigenvalue weighted by molar-refractivity contribution is -0.136. The Labute approximate surface area is 106 Å². The highest BCUT2D eigenvalue weighted by Gasteiger charge is 2.17. The number of carboxylic acid groups (broad SMARTS) is 1. The summed E-state index contributed by atoms with van der Waals surface area (Å²) in [7, 11) is 0. The van der Waals surface area contributed by atoms with Gasteiger partial charge < -0.3 is 15.7 Å². The van der Waals surface area contributed by atoms with Gasteiger partial charge in [-0.2, -0.15) is 0 Å². The van der Waals surface area contributed by atoms with Crippen LogP contribution in [0.2, 0.25) is 0 Å². The van der Waals surface area contributed by atoms with Gasteiger partial charge in [-0.05, 0) is 32.0 Å². The zero-order chi connectivity index (χ0) is 13.5. The molecule has 0 atom stereocenters. The second-order valence-corrected chi connectivity index (χ2v) is 4.10. The van der Waals surface area contributed by atoms with Crippen LogP contribution in [0, 0.1) is 6.92 Å². The van der Waals surface area contributed by atoms with Crippen molar-refractivity contribution in [2.24, 2.45) is 5.73 Å². The third kappa shape index (κ3) is 4.18. The first kappa shape index (κ1) is 14.2. The number of hydrogen-bond acceptors (Lipinski definition) is 3. The van der Waals surface area contributed by atoms with Gasteiger partial charge in [-0.3, -0.25) is 9.59 Å². The van der Waals surface area contributed by atoms with Gasteiger partial charge in [0.1, 0.15) is 6.54 Å². The highest BCUT2D eigenvalue weighted by atomic mass is 16.4. The quantitative estimate of drug-likeness (QED) is 0.793. The molecule has 1 aromatic carbocycles. The molecule has 5 heteroatoms. The highest BCUT2D eigenvalue weighted by Crippen LogP contribution is 2.16. The minimum atomic E-state index is -1.03. The minimum absolute atomic E-state index is 0.216. The van der Waals surface area contributed by atoms with Crippen molar-refractivity contribution in [3.8, 4) is 0 Å². The summed E-state index contributed by atoms with van der Waals surface area (Å²) < 4.78 is 0. The van der Waals surface area contributed by atoms with Gasteiger partial charge >= 0.3 is 5.97 Å². The summed E-state index contributed by atoms with van der Waals surface area (Å²) in [4.78, 5) is 24.0. The molecule has 0 aliphatic carbocycles. The predicted octanol–water partition coefficient (Wildman–Crippen LogP) is 1.15. The molecule has 1 rings (SSSR count). The molecule has 0 radical (unpaired) electrons. The van der Waals surface area contributed by atoms with Gasteiger partial charge in [-0.1, -0.05) is 17.7 Å². The zero-order valence-electron chi connectivity index (χ0n) is 10.4. The first-order valence-electron chi connectivity index (χ1n) is 5.83. The molecule has 0 fully saturated rings. The molecule has 5 nitrogen and oxygen atoms in total. The van der Waals surface area contributed by atoms with Crippen LogP contribution < -0.4 is 10.6 Å². The number of carboxylic acids is 1. The van der Waals surface area contributed by atoms with E-state index in [4.69, 9.17) is 10.8 Å². The standard InChI is InChI=1S/C13H18N2O3/c1-10-4-6-11(7-5-10)15(9-13(17)18)12(16)3-2-8-14/h4-7H,2-3,8-9,14H2,1H3,(H,17,18). The van der Waals surface area contributed by atoms with Gasteiger partial charge in [0.25, 0.3) is 0 Å². The SMILES string of the molecule is Cc1ccc(N(CC(=O)O)C(=O)CCCN)cc1. The molecule has 0 aliphatic heterocycles. The maximum atomic E-state index is 11.9. The summed E-state index contributed by atoms with van der Waals surface area (Å²) in [6.45, 7) is 2.02. The number of benzene rings is 1. The van der Waals surface area contributed by atoms with Gasteiger partial charge in [-0.15, -0.1) is 0 Å². The van der Waals surface area contributed by atoms with Crippen molar-refractivity contribution in [2.75, 3.05) is 18.0 Å². The molecule has 1 aromatic rings. The summed E-state index contributed by atoms with van der Waals surface area (Å²) in [5.74, 6) is -1.25. The van der Waals surface area contributed by atoms with Gasteiger partial charge in [0, 0.05) is 12.1 Å². The molecule has 18 heavy (non-hydrogen) atoms. The van der Waals surface area contributed by atoms with E-state index in [1.165, 1.54) is 4.90 Å². The van der Waals surface area contributed by atoms with Crippen LogP contribution in [0.1, 0.15) is 18.4 Å². The Bertz CT molecular complexity index is 415. The molecule has 0 saturated heterocycles. The number of amides is 1. The Morgan fingerprint density at radius 1 is 1.28 bits per heavy atom. The van der Waals surface area contributed by atoms with Crippen LogP contribution in [0.4, 0.5) is 5.69 Å². The first-order valence-corrected chi connectivity index (χ1v) is 5.83. The van der Waals surface area contributed by atoms with Gasteiger partial charge in [0.15, 0.2) is 0 Å². The number of carbonyl (C=O) groups excluding carboxylic acids is 1. The van der Waals surface area contributed by atoms with E-state index in [0.717, 1.165) is 5.56 Å². The molecule has 0 saturated carbocycles. The molecule has 0 aliphatic rings. The fourth-order valence-corrected chi connectivity index (χ4v) is 1.57. The third-order valence-electron chi connectivity index (χ3n) is 2.53. The first-order chi connectivity index (χ1) is 8.54. The molecule has 0 aromatic heterocycles. The average molecular weight is 250 g/mol. The van der Waals surface area contributed by atoms with Crippen LogP contribution in [0.15, 0.2) is 24.3 Å². The number of aliphatic carboxylic acids is 1. The molecule has 0 heterocycles. The van der Waals surface area contributed by atoms with Crippen molar-refractivity contribution in [3.63, 3.8) is 0 Å². The Morgan fingerprint density at radius 2 is 1.89 bits per heavy atom. The topological polar surface area (TPSA) is 83.6 Å². The van der Waals surface area contributed by atoms with Crippen molar-refractivity contribution in [1.29, 1.82) is 0 Å². The molecule has 0 unspecified atom stereocenters. The number of nitrogens with zero attached hydrogens (tertiary/aromatic N) is 1. The van der Waals surface area contributed by atoms with E-state index in [1.54, 1.807) is 12.1 Å². The molecule has 3 N–H and O–H groups in total. The fraction of sp³-hybridized carbons (Fsp3) is 0.385. The smallest absolute Gasteiger partial charge is 0.323 e. The molecule has 0 spiro atoms. The summed E-state index contributed by atoms with van der Waals surface area (Å²) in [5, 5.41) is 8.86. The summed E-state index contributed by atoms with van der Waals surface area (Å²) in [5.41, 5.74) is 7.01. The number of nitrogens with two attached hydrogens (primary N) is 1. The van der Waals surface area contributed by atoms with Crippen molar-refractivity contribution in [1.82, 2.24) is 0 Å². The summed E-state index contributed by atoms with van der Waals surface area (Å²) in [6, 6.07) is 7.19. The third-order valence-corrected chi connectivity index (χ3v) is 2.53. The Morgan fingerprint density at radius 3 is 2.39 bits per heavy atom. The summed E-state index contributed by atoms with van der Waals surface area (Å²) >= 11 is 0. The second-order valence-electron chi connectivity index (χ2n) is 4.10. The zero-order valence-corrected chi connectivity index (χ0v) is 10.4. The predicted molar refractivity (Wildman–Crippen MR) is 69.5 cm³/mol. The number of anilines is 1. The Balaban J connectivity index is 2.86. The van der Waals surface area contributed by atoms with Gasteiger partial charge in [0.05, 0.1) is 0 Å². The maximum Gasteiger partial charge on any atom is 0.323 e. The summed E-state index contributed by atoms with van der Waals surface area (Å²) in [6.07, 6.45) is 0.818. The lowest BCUT2D eigenvalue weighted by Crippen LogP contribution is -2.35. The average Bonchev–Trinajstić information content (AvgIpc) is 2.34. The largest absolute Gasteiger partial charge is 0.480 e. The molecule has 0 bridgehead atoms. The van der Waals surface area contributed by atoms with Gasteiger partial charge in [0.2, 0.25) is 5.91 Å². The second kappa shape index (κ2) is 6.76. The fourth-order valence-electron chi connectivity index (χ4n) is 1.57. The van der Waals surface area contributed by atoms with Crippen molar-refractivity contribution in [3.05, 3.63) is 29.8 Å². The number of rotatable bonds is 6. The number of hydrogen-bond donors (Lipinski definition) is 2. The van der Waals surface area contributed by atoms with E-state index in [0.29, 0.717) is 18.7 Å². The van der Waals surface area contributed by atoms with Crippen LogP contribution in [-0.2, 0) is 9.59 Å². The van der Waals surface area contributed by atoms with Crippen LogP contribution in [-0.4, -0.2) is 30.1 Å². The normalized spacial score (nSPS) is 10.1. The van der Waals surface area contributed by atoms with E-state index in [-0.39, 0.29) is 18.9 Å².